The molecule has 5 atom stereocenters. The molecule has 0 amide bonds. The topological polar surface area (TPSA) is 156 Å². The Morgan fingerprint density at radius 3 is 2.32 bits per heavy atom. The van der Waals surface area contributed by atoms with Crippen molar-refractivity contribution in [2.45, 2.75) is 96.5 Å². The summed E-state index contributed by atoms with van der Waals surface area (Å²) in [7, 11) is -4.14. The van der Waals surface area contributed by atoms with E-state index in [2.05, 4.69) is 47.7 Å². The third-order valence-electron chi connectivity index (χ3n) is 8.56. The average molecular weight is 715 g/mol. The summed E-state index contributed by atoms with van der Waals surface area (Å²) in [6.45, 7) is 13.7. The Morgan fingerprint density at radius 1 is 1.09 bits per heavy atom. The fourth-order valence-corrected chi connectivity index (χ4v) is 8.89. The zero-order valence-electron chi connectivity index (χ0n) is 27.7. The Hall–Kier alpha value is -1.76. The maximum atomic E-state index is 11.2. The number of ether oxygens (including phenoxy) is 5. The van der Waals surface area contributed by atoms with Crippen molar-refractivity contribution in [3.8, 4) is 0 Å². The number of carbonyl (C=O) groups is 1. The van der Waals surface area contributed by atoms with E-state index >= 15 is 0 Å². The van der Waals surface area contributed by atoms with Crippen molar-refractivity contribution < 1.29 is 46.2 Å². The zero-order chi connectivity index (χ0) is 34.2. The molecule has 4 aliphatic heterocycles. The van der Waals surface area contributed by atoms with E-state index in [4.69, 9.17) is 33.0 Å². The third-order valence-corrected chi connectivity index (χ3v) is 11.1. The summed E-state index contributed by atoms with van der Waals surface area (Å²) in [5.74, 6) is -4.04. The largest absolute Gasteiger partial charge is 0.481 e. The van der Waals surface area contributed by atoms with Gasteiger partial charge in [-0.2, -0.15) is 8.42 Å². The van der Waals surface area contributed by atoms with Gasteiger partial charge in [-0.3, -0.25) is 8.98 Å². The number of piperidine rings is 1. The highest BCUT2D eigenvalue weighted by Crippen LogP contribution is 2.47. The van der Waals surface area contributed by atoms with Crippen LogP contribution in [-0.2, 0) is 43.0 Å². The highest BCUT2D eigenvalue weighted by atomic mass is 32.2. The van der Waals surface area contributed by atoms with Crippen LogP contribution in [0.15, 0.2) is 29.0 Å². The molecule has 6 rings (SSSR count). The van der Waals surface area contributed by atoms with Crippen LogP contribution in [0.1, 0.15) is 67.8 Å². The predicted molar refractivity (Wildman–Crippen MR) is 178 cm³/mol. The fraction of sp³-hybridized carbons (Fsp3) is 0.656. The van der Waals surface area contributed by atoms with Gasteiger partial charge in [-0.1, -0.05) is 6.08 Å². The van der Waals surface area contributed by atoms with Crippen LogP contribution in [0, 0.1) is 19.8 Å². The lowest BCUT2D eigenvalue weighted by Crippen LogP contribution is -2.60. The summed E-state index contributed by atoms with van der Waals surface area (Å²) in [4.78, 5) is 16.2. The lowest BCUT2D eigenvalue weighted by atomic mass is 9.98. The summed E-state index contributed by atoms with van der Waals surface area (Å²) < 4.78 is 55.9. The van der Waals surface area contributed by atoms with Gasteiger partial charge in [0, 0.05) is 28.4 Å². The van der Waals surface area contributed by atoms with E-state index in [1.165, 1.54) is 26.5 Å². The van der Waals surface area contributed by atoms with Gasteiger partial charge >= 0.3 is 16.3 Å². The number of nitrogens with two attached hydrogens (primary N) is 1. The number of carboxylic acid groups (broad SMARTS) is 1. The molecule has 0 bridgehead atoms. The summed E-state index contributed by atoms with van der Waals surface area (Å²) >= 11 is 3.60. The van der Waals surface area contributed by atoms with Crippen LogP contribution in [0.5, 0.6) is 0 Å². The molecule has 4 aliphatic rings. The Balaban J connectivity index is 0.000000186. The monoisotopic (exact) mass is 714 g/mol. The maximum Gasteiger partial charge on any atom is 0.333 e. The molecular weight excluding hydrogens is 669 g/mol. The van der Waals surface area contributed by atoms with Crippen molar-refractivity contribution in [2.24, 2.45) is 11.1 Å². The number of hydrogen-bond donors (Lipinski definition) is 2. The highest BCUT2D eigenvalue weighted by Gasteiger charge is 2.65. The molecule has 12 nitrogen and oxygen atoms in total. The van der Waals surface area contributed by atoms with E-state index in [0.29, 0.717) is 6.54 Å². The third kappa shape index (κ3) is 8.89. The molecule has 6 heterocycles. The molecular formula is C32H46N2O10S3. The van der Waals surface area contributed by atoms with Gasteiger partial charge in [0.15, 0.2) is 11.6 Å². The van der Waals surface area contributed by atoms with E-state index in [9.17, 15) is 18.3 Å². The van der Waals surface area contributed by atoms with Crippen LogP contribution in [-0.4, -0.2) is 92.9 Å². The minimum Gasteiger partial charge on any atom is -0.481 e. The molecule has 0 radical (unpaired) electrons. The number of rotatable bonds is 9. The molecule has 4 saturated heterocycles. The Labute approximate surface area is 285 Å². The van der Waals surface area contributed by atoms with Gasteiger partial charge in [-0.05, 0) is 101 Å². The van der Waals surface area contributed by atoms with Crippen LogP contribution in [0.3, 0.4) is 0 Å². The van der Waals surface area contributed by atoms with Crippen LogP contribution >= 0.6 is 22.7 Å². The first-order valence-corrected chi connectivity index (χ1v) is 19.0. The number of fused-ring (bicyclic) bond motifs is 3. The zero-order valence-corrected chi connectivity index (χ0v) is 30.2. The first-order valence-electron chi connectivity index (χ1n) is 15.8. The normalized spacial score (nSPS) is 29.8. The van der Waals surface area contributed by atoms with E-state index in [1.807, 2.05) is 0 Å². The molecule has 15 heteroatoms. The SMILES string of the molecule is CC1(C)O[C@@H]2[C@@H](CO[C@@]3(COS(N)(=O)=O)OC(C)(C)O[C@@H]23)O1.Cc1ccsc1C(=CCCN1CCC[C@@H](C(=O)O)C1)c1sccc1C. The van der Waals surface area contributed by atoms with Gasteiger partial charge in [0.1, 0.15) is 24.9 Å². The summed E-state index contributed by atoms with van der Waals surface area (Å²) in [5.41, 5.74) is 3.99. The number of hydrogen-bond acceptors (Lipinski definition) is 12. The number of aryl methyl sites for hydroxylation is 2. The van der Waals surface area contributed by atoms with Gasteiger partial charge in [-0.25, -0.2) is 5.14 Å². The second-order valence-electron chi connectivity index (χ2n) is 13.3. The number of aliphatic carboxylic acids is 1. The molecule has 0 aromatic carbocycles. The minimum absolute atomic E-state index is 0.165. The van der Waals surface area contributed by atoms with Crippen molar-refractivity contribution in [1.29, 1.82) is 0 Å². The van der Waals surface area contributed by atoms with Crippen LogP contribution in [0.25, 0.3) is 5.57 Å². The first-order chi connectivity index (χ1) is 22.0. The van der Waals surface area contributed by atoms with Gasteiger partial charge in [0.05, 0.1) is 12.5 Å². The van der Waals surface area contributed by atoms with E-state index in [0.717, 1.165) is 32.4 Å². The van der Waals surface area contributed by atoms with E-state index < -0.39 is 52.4 Å². The van der Waals surface area contributed by atoms with E-state index in [-0.39, 0.29) is 18.6 Å². The quantitative estimate of drug-likeness (QED) is 0.373. The van der Waals surface area contributed by atoms with Gasteiger partial charge in [-0.15, -0.1) is 22.7 Å². The Bertz CT molecular complexity index is 1510. The van der Waals surface area contributed by atoms with Crippen LogP contribution in [0.4, 0.5) is 0 Å². The van der Waals surface area contributed by atoms with Crippen molar-refractivity contribution in [1.82, 2.24) is 4.90 Å². The molecule has 2 aromatic rings. The average Bonchev–Trinajstić information content (AvgIpc) is 3.74. The Kier molecular flexibility index (Phi) is 11.1. The maximum absolute atomic E-state index is 11.2. The van der Waals surface area contributed by atoms with E-state index in [1.54, 1.807) is 50.4 Å². The predicted octanol–water partition coefficient (Wildman–Crippen LogP) is 4.65. The smallest absolute Gasteiger partial charge is 0.333 e. The molecule has 47 heavy (non-hydrogen) atoms. The highest BCUT2D eigenvalue weighted by molar-refractivity contribution is 7.84. The second kappa shape index (κ2) is 14.2. The molecule has 262 valence electrons. The molecule has 0 aliphatic carbocycles. The summed E-state index contributed by atoms with van der Waals surface area (Å²) in [6, 6.07) is 4.36. The Morgan fingerprint density at radius 2 is 1.74 bits per heavy atom. The molecule has 2 aromatic heterocycles. The minimum atomic E-state index is -4.14. The fourth-order valence-electron chi connectivity index (χ4n) is 6.55. The van der Waals surface area contributed by atoms with Gasteiger partial charge < -0.3 is 33.7 Å². The molecule has 0 unspecified atom stereocenters. The lowest BCUT2D eigenvalue weighted by Gasteiger charge is -2.40. The first kappa shape index (κ1) is 36.5. The molecule has 0 saturated carbocycles. The van der Waals surface area contributed by atoms with Crippen molar-refractivity contribution >= 4 is 44.5 Å². The number of nitrogens with zero attached hydrogens (tertiary/aromatic N) is 1. The lowest BCUT2D eigenvalue weighted by molar-refractivity contribution is -0.290. The second-order valence-corrected chi connectivity index (χ2v) is 16.4. The van der Waals surface area contributed by atoms with Crippen molar-refractivity contribution in [2.75, 3.05) is 32.8 Å². The number of carboxylic acids is 1. The summed E-state index contributed by atoms with van der Waals surface area (Å²) in [6.07, 6.45) is 3.61. The van der Waals surface area contributed by atoms with Crippen LogP contribution < -0.4 is 5.14 Å². The van der Waals surface area contributed by atoms with Crippen molar-refractivity contribution in [3.05, 3.63) is 49.9 Å². The van der Waals surface area contributed by atoms with Gasteiger partial charge in [0.2, 0.25) is 5.79 Å². The van der Waals surface area contributed by atoms with Gasteiger partial charge in [0.25, 0.3) is 0 Å². The number of likely N-dealkylation sites (tertiary alicyclic amines) is 1. The molecule has 0 spiro atoms. The summed E-state index contributed by atoms with van der Waals surface area (Å²) in [5, 5.41) is 18.4. The number of thiophene rings is 2. The molecule has 3 N–H and O–H groups in total. The van der Waals surface area contributed by atoms with Crippen molar-refractivity contribution in [3.63, 3.8) is 0 Å². The van der Waals surface area contributed by atoms with Crippen LogP contribution in [0.2, 0.25) is 0 Å². The standard InChI is InChI=1S/C20H25NO2S2.C12H21NO8S/c1-14-7-11-24-18(14)17(19-15(2)8-12-25-19)6-4-10-21-9-3-5-16(13-21)20(22)23;1-10(2)18-7-5-16-12(6-17-22(13,14)15)9(8(7)19-10)20-11(3,4)21-12/h6-8,11-12,16H,3-5,9-10,13H2,1-2H3,(H,22,23);7-9H,5-6H2,1-4H3,(H2,13,14,15)/t16-;7-,8-,9+,12+/m11/s1. The molecule has 4 fully saturated rings.